The standard InChI is InChI=1S/C9H11NS/c1-2-11-5-7(1)9-3-8(9)4-10-6-9/h1-2,5,8,10H,3-4,6H2/t8-,9+/m0/s1. The molecule has 1 saturated carbocycles. The van der Waals surface area contributed by atoms with Crippen LogP contribution >= 0.6 is 11.3 Å². The Bertz CT molecular complexity index is 267. The summed E-state index contributed by atoms with van der Waals surface area (Å²) in [5.74, 6) is 0.956. The van der Waals surface area contributed by atoms with E-state index in [1.54, 1.807) is 5.56 Å². The lowest BCUT2D eigenvalue weighted by Crippen LogP contribution is -2.18. The predicted molar refractivity (Wildman–Crippen MR) is 47.0 cm³/mol. The minimum Gasteiger partial charge on any atom is -0.316 e. The van der Waals surface area contributed by atoms with E-state index in [0.29, 0.717) is 5.41 Å². The highest BCUT2D eigenvalue weighted by atomic mass is 32.1. The van der Waals surface area contributed by atoms with Crippen LogP contribution in [0.3, 0.4) is 0 Å². The molecule has 1 aromatic rings. The Kier molecular flexibility index (Phi) is 1.06. The second-order valence-corrected chi connectivity index (χ2v) is 4.48. The van der Waals surface area contributed by atoms with Crippen molar-refractivity contribution in [2.75, 3.05) is 13.1 Å². The van der Waals surface area contributed by atoms with Crippen molar-refractivity contribution >= 4 is 11.3 Å². The van der Waals surface area contributed by atoms with Gasteiger partial charge in [-0.2, -0.15) is 11.3 Å². The number of piperidine rings is 1. The summed E-state index contributed by atoms with van der Waals surface area (Å²) in [6.07, 6.45) is 1.43. The minimum absolute atomic E-state index is 0.583. The van der Waals surface area contributed by atoms with Crippen LogP contribution in [0.15, 0.2) is 16.8 Å². The summed E-state index contributed by atoms with van der Waals surface area (Å²) in [7, 11) is 0. The summed E-state index contributed by atoms with van der Waals surface area (Å²) in [4.78, 5) is 0. The molecule has 2 aliphatic rings. The van der Waals surface area contributed by atoms with Gasteiger partial charge in [0, 0.05) is 12.0 Å². The summed E-state index contributed by atoms with van der Waals surface area (Å²) < 4.78 is 0. The summed E-state index contributed by atoms with van der Waals surface area (Å²) in [6.45, 7) is 2.46. The topological polar surface area (TPSA) is 12.0 Å². The van der Waals surface area contributed by atoms with Gasteiger partial charge in [0.2, 0.25) is 0 Å². The van der Waals surface area contributed by atoms with Gasteiger partial charge in [0.25, 0.3) is 0 Å². The largest absolute Gasteiger partial charge is 0.316 e. The molecule has 1 aliphatic carbocycles. The molecule has 0 spiro atoms. The van der Waals surface area contributed by atoms with Gasteiger partial charge in [0.05, 0.1) is 0 Å². The van der Waals surface area contributed by atoms with E-state index in [-0.39, 0.29) is 0 Å². The molecule has 2 heterocycles. The number of thiophene rings is 1. The molecule has 1 N–H and O–H groups in total. The molecule has 1 aliphatic heterocycles. The highest BCUT2D eigenvalue weighted by molar-refractivity contribution is 7.08. The Morgan fingerprint density at radius 2 is 2.64 bits per heavy atom. The molecule has 0 aromatic carbocycles. The quantitative estimate of drug-likeness (QED) is 0.666. The predicted octanol–water partition coefficient (Wildman–Crippen LogP) is 1.61. The molecule has 1 saturated heterocycles. The lowest BCUT2D eigenvalue weighted by atomic mass is 9.99. The van der Waals surface area contributed by atoms with Crippen LogP contribution in [-0.4, -0.2) is 13.1 Å². The molecule has 11 heavy (non-hydrogen) atoms. The van der Waals surface area contributed by atoms with Crippen LogP contribution < -0.4 is 5.32 Å². The number of rotatable bonds is 1. The second-order valence-electron chi connectivity index (χ2n) is 3.70. The molecule has 0 amide bonds. The van der Waals surface area contributed by atoms with Crippen LogP contribution in [0.5, 0.6) is 0 Å². The fraction of sp³-hybridized carbons (Fsp3) is 0.556. The van der Waals surface area contributed by atoms with Gasteiger partial charge in [-0.15, -0.1) is 0 Å². The Morgan fingerprint density at radius 3 is 3.18 bits per heavy atom. The van der Waals surface area contributed by atoms with Crippen LogP contribution in [-0.2, 0) is 5.41 Å². The molecule has 1 nitrogen and oxygen atoms in total. The highest BCUT2D eigenvalue weighted by Crippen LogP contribution is 2.56. The summed E-state index contributed by atoms with van der Waals surface area (Å²) in [5, 5.41) is 7.96. The monoisotopic (exact) mass is 165 g/mol. The van der Waals surface area contributed by atoms with Crippen molar-refractivity contribution in [2.24, 2.45) is 5.92 Å². The molecule has 1 aromatic heterocycles. The molecule has 0 bridgehead atoms. The molecule has 2 heteroatoms. The van der Waals surface area contributed by atoms with E-state index < -0.39 is 0 Å². The first-order chi connectivity index (χ1) is 5.42. The van der Waals surface area contributed by atoms with E-state index in [0.717, 1.165) is 5.92 Å². The van der Waals surface area contributed by atoms with Crippen molar-refractivity contribution in [3.63, 3.8) is 0 Å². The Morgan fingerprint density at radius 1 is 1.64 bits per heavy atom. The van der Waals surface area contributed by atoms with E-state index in [9.17, 15) is 0 Å². The van der Waals surface area contributed by atoms with Crippen molar-refractivity contribution in [1.82, 2.24) is 5.32 Å². The molecule has 0 unspecified atom stereocenters. The molecular formula is C9H11NS. The van der Waals surface area contributed by atoms with E-state index >= 15 is 0 Å². The van der Waals surface area contributed by atoms with Crippen LogP contribution in [0.1, 0.15) is 12.0 Å². The maximum Gasteiger partial charge on any atom is 0.0130 e. The Balaban J connectivity index is 2.01. The molecule has 2 fully saturated rings. The van der Waals surface area contributed by atoms with Gasteiger partial charge in [-0.05, 0) is 41.3 Å². The van der Waals surface area contributed by atoms with Crippen LogP contribution in [0.25, 0.3) is 0 Å². The fourth-order valence-electron chi connectivity index (χ4n) is 2.34. The highest BCUT2D eigenvalue weighted by Gasteiger charge is 2.58. The molecule has 58 valence electrons. The number of nitrogens with one attached hydrogen (secondary N) is 1. The first kappa shape index (κ1) is 6.21. The van der Waals surface area contributed by atoms with E-state index in [4.69, 9.17) is 0 Å². The van der Waals surface area contributed by atoms with Crippen LogP contribution in [0.4, 0.5) is 0 Å². The third kappa shape index (κ3) is 0.690. The zero-order valence-corrected chi connectivity index (χ0v) is 7.16. The summed E-state index contributed by atoms with van der Waals surface area (Å²) in [6, 6.07) is 2.29. The fourth-order valence-corrected chi connectivity index (χ4v) is 3.10. The maximum atomic E-state index is 3.46. The van der Waals surface area contributed by atoms with Gasteiger partial charge in [-0.1, -0.05) is 0 Å². The number of fused-ring (bicyclic) bond motifs is 1. The average Bonchev–Trinajstić information content (AvgIpc) is 2.56. The van der Waals surface area contributed by atoms with Crippen molar-refractivity contribution in [3.05, 3.63) is 22.4 Å². The van der Waals surface area contributed by atoms with Crippen molar-refractivity contribution in [2.45, 2.75) is 11.8 Å². The third-order valence-corrected chi connectivity index (χ3v) is 3.84. The van der Waals surface area contributed by atoms with Gasteiger partial charge >= 0.3 is 0 Å². The third-order valence-electron chi connectivity index (χ3n) is 3.16. The number of hydrogen-bond donors (Lipinski definition) is 1. The number of hydrogen-bond acceptors (Lipinski definition) is 2. The lowest BCUT2D eigenvalue weighted by Gasteiger charge is -2.07. The molecule has 3 rings (SSSR count). The maximum absolute atomic E-state index is 3.46. The molecule has 0 radical (unpaired) electrons. The van der Waals surface area contributed by atoms with E-state index in [1.807, 2.05) is 11.3 Å². The molecular weight excluding hydrogens is 154 g/mol. The Labute approximate surface area is 70.4 Å². The average molecular weight is 165 g/mol. The zero-order valence-electron chi connectivity index (χ0n) is 6.34. The first-order valence-corrected chi connectivity index (χ1v) is 5.09. The SMILES string of the molecule is c1cc([C@@]23CNC[C@@H]2C3)cs1. The summed E-state index contributed by atoms with van der Waals surface area (Å²) >= 11 is 1.82. The zero-order chi connectivity index (χ0) is 7.31. The Hall–Kier alpha value is -0.340. The van der Waals surface area contributed by atoms with Gasteiger partial charge in [-0.3, -0.25) is 0 Å². The smallest absolute Gasteiger partial charge is 0.0130 e. The van der Waals surface area contributed by atoms with Crippen molar-refractivity contribution in [1.29, 1.82) is 0 Å². The van der Waals surface area contributed by atoms with Gasteiger partial charge in [0.1, 0.15) is 0 Å². The van der Waals surface area contributed by atoms with Gasteiger partial charge < -0.3 is 5.32 Å². The minimum atomic E-state index is 0.583. The van der Waals surface area contributed by atoms with Gasteiger partial charge in [0.15, 0.2) is 0 Å². The first-order valence-electron chi connectivity index (χ1n) is 4.15. The lowest BCUT2D eigenvalue weighted by molar-refractivity contribution is 0.678. The van der Waals surface area contributed by atoms with Crippen molar-refractivity contribution in [3.8, 4) is 0 Å². The van der Waals surface area contributed by atoms with Crippen LogP contribution in [0.2, 0.25) is 0 Å². The summed E-state index contributed by atoms with van der Waals surface area (Å²) in [5.41, 5.74) is 2.16. The van der Waals surface area contributed by atoms with Crippen molar-refractivity contribution < 1.29 is 0 Å². The normalized spacial score (nSPS) is 40.5. The van der Waals surface area contributed by atoms with Crippen LogP contribution in [0, 0.1) is 5.92 Å². The van der Waals surface area contributed by atoms with E-state index in [2.05, 4.69) is 22.1 Å². The van der Waals surface area contributed by atoms with E-state index in [1.165, 1.54) is 19.5 Å². The van der Waals surface area contributed by atoms with Gasteiger partial charge in [-0.25, -0.2) is 0 Å². The molecule has 2 atom stereocenters. The second kappa shape index (κ2) is 1.87.